The van der Waals surface area contributed by atoms with Crippen LogP contribution in [0.3, 0.4) is 0 Å². The number of aryl methyl sites for hydroxylation is 1. The molecule has 2 aromatic heterocycles. The van der Waals surface area contributed by atoms with Gasteiger partial charge in [-0.2, -0.15) is 5.10 Å². The number of nitrogens with zero attached hydrogens (tertiary/aromatic N) is 2. The molecule has 0 saturated carbocycles. The zero-order chi connectivity index (χ0) is 14.4. The summed E-state index contributed by atoms with van der Waals surface area (Å²) in [4.78, 5) is 4.57. The molecule has 102 valence electrons. The van der Waals surface area contributed by atoms with Gasteiger partial charge in [0.2, 0.25) is 0 Å². The molecule has 0 aliphatic carbocycles. The molecule has 0 radical (unpaired) electrons. The topological polar surface area (TPSA) is 41.6 Å². The van der Waals surface area contributed by atoms with Crippen molar-refractivity contribution in [2.24, 2.45) is 0 Å². The number of hydrogen-bond acceptors (Lipinski definition) is 2. The predicted octanol–water partition coefficient (Wildman–Crippen LogP) is 5.20. The lowest BCUT2D eigenvalue weighted by Crippen LogP contribution is -1.90. The van der Waals surface area contributed by atoms with Gasteiger partial charge in [-0.1, -0.05) is 34.8 Å². The summed E-state index contributed by atoms with van der Waals surface area (Å²) in [6.45, 7) is 3.85. The van der Waals surface area contributed by atoms with Crippen LogP contribution >= 0.6 is 34.8 Å². The summed E-state index contributed by atoms with van der Waals surface area (Å²) < 4.78 is 0. The van der Waals surface area contributed by atoms with Gasteiger partial charge in [-0.25, -0.2) is 4.98 Å². The van der Waals surface area contributed by atoms with Crippen LogP contribution in [-0.4, -0.2) is 15.2 Å². The Balaban J connectivity index is 2.33. The number of aromatic amines is 1. The summed E-state index contributed by atoms with van der Waals surface area (Å²) in [5.74, 6) is 0. The number of pyridine rings is 1. The average molecular weight is 327 g/mol. The van der Waals surface area contributed by atoms with E-state index in [9.17, 15) is 0 Å². The highest BCUT2D eigenvalue weighted by atomic mass is 35.5. The van der Waals surface area contributed by atoms with Crippen LogP contribution in [0, 0.1) is 13.8 Å². The molecule has 0 saturated heterocycles. The van der Waals surface area contributed by atoms with Crippen LogP contribution in [0.1, 0.15) is 11.3 Å². The van der Waals surface area contributed by atoms with E-state index in [0.717, 1.165) is 22.3 Å². The number of hydrogen-bond donors (Lipinski definition) is 1. The Morgan fingerprint density at radius 3 is 2.55 bits per heavy atom. The molecule has 3 rings (SSSR count). The molecule has 0 fully saturated rings. The van der Waals surface area contributed by atoms with Crippen LogP contribution < -0.4 is 0 Å². The molecule has 0 amide bonds. The maximum absolute atomic E-state index is 6.33. The summed E-state index contributed by atoms with van der Waals surface area (Å²) in [6, 6.07) is 5.28. The third kappa shape index (κ3) is 2.06. The second kappa shape index (κ2) is 4.92. The van der Waals surface area contributed by atoms with E-state index in [1.54, 1.807) is 12.1 Å². The highest BCUT2D eigenvalue weighted by Crippen LogP contribution is 2.35. The number of rotatable bonds is 1. The van der Waals surface area contributed by atoms with Crippen molar-refractivity contribution >= 4 is 45.8 Å². The average Bonchev–Trinajstić information content (AvgIpc) is 2.80. The van der Waals surface area contributed by atoms with Crippen LogP contribution in [0.4, 0.5) is 0 Å². The van der Waals surface area contributed by atoms with Gasteiger partial charge in [0.05, 0.1) is 10.0 Å². The minimum Gasteiger partial charge on any atom is -0.274 e. The van der Waals surface area contributed by atoms with Crippen molar-refractivity contribution < 1.29 is 0 Å². The van der Waals surface area contributed by atoms with Crippen molar-refractivity contribution in [3.05, 3.63) is 44.5 Å². The highest BCUT2D eigenvalue weighted by molar-refractivity contribution is 6.37. The summed E-state index contributed by atoms with van der Waals surface area (Å²) in [5, 5.41) is 8.97. The summed E-state index contributed by atoms with van der Waals surface area (Å²) in [7, 11) is 0. The maximum Gasteiger partial charge on any atom is 0.120 e. The van der Waals surface area contributed by atoms with Crippen molar-refractivity contribution in [1.82, 2.24) is 15.2 Å². The molecule has 6 heteroatoms. The lowest BCUT2D eigenvalue weighted by Gasteiger charge is -2.05. The fourth-order valence-corrected chi connectivity index (χ4v) is 2.83. The van der Waals surface area contributed by atoms with Gasteiger partial charge in [0, 0.05) is 16.3 Å². The normalized spacial score (nSPS) is 11.2. The van der Waals surface area contributed by atoms with E-state index in [0.29, 0.717) is 26.3 Å². The molecule has 0 unspecified atom stereocenters. The standard InChI is InChI=1S/C14H10Cl3N3/c1-6-7(2)18-14-12(19-20-13(14)11(6)17)9-4-3-8(15)5-10(9)16/h3-5H,1-2H3,(H,19,20). The first-order valence-electron chi connectivity index (χ1n) is 5.95. The third-order valence-corrected chi connectivity index (χ3v) is 4.32. The van der Waals surface area contributed by atoms with E-state index >= 15 is 0 Å². The van der Waals surface area contributed by atoms with Crippen LogP contribution in [0.25, 0.3) is 22.3 Å². The zero-order valence-electron chi connectivity index (χ0n) is 10.8. The zero-order valence-corrected chi connectivity index (χ0v) is 13.0. The molecule has 1 aromatic carbocycles. The molecule has 0 spiro atoms. The Bertz CT molecular complexity index is 824. The molecule has 0 aliphatic heterocycles. The number of nitrogens with one attached hydrogen (secondary N) is 1. The number of fused-ring (bicyclic) bond motifs is 1. The van der Waals surface area contributed by atoms with Gasteiger partial charge in [0.1, 0.15) is 16.7 Å². The Kier molecular flexibility index (Phi) is 3.36. The van der Waals surface area contributed by atoms with E-state index < -0.39 is 0 Å². The Hall–Kier alpha value is -1.29. The summed E-state index contributed by atoms with van der Waals surface area (Å²) in [5.41, 5.74) is 4.69. The Morgan fingerprint density at radius 2 is 1.85 bits per heavy atom. The Morgan fingerprint density at radius 1 is 1.10 bits per heavy atom. The predicted molar refractivity (Wildman–Crippen MR) is 83.8 cm³/mol. The van der Waals surface area contributed by atoms with Gasteiger partial charge in [0.15, 0.2) is 0 Å². The monoisotopic (exact) mass is 325 g/mol. The first-order chi connectivity index (χ1) is 9.49. The molecule has 0 atom stereocenters. The SMILES string of the molecule is Cc1nc2c(-c3ccc(Cl)cc3Cl)n[nH]c2c(Cl)c1C. The molecule has 0 bridgehead atoms. The third-order valence-electron chi connectivity index (χ3n) is 3.30. The van der Waals surface area contributed by atoms with E-state index in [2.05, 4.69) is 15.2 Å². The molecule has 3 aromatic rings. The van der Waals surface area contributed by atoms with Gasteiger partial charge in [-0.3, -0.25) is 5.10 Å². The first kappa shape index (κ1) is 13.7. The van der Waals surface area contributed by atoms with Gasteiger partial charge in [0.25, 0.3) is 0 Å². The molecular weight excluding hydrogens is 317 g/mol. The van der Waals surface area contributed by atoms with E-state index in [1.807, 2.05) is 19.9 Å². The fourth-order valence-electron chi connectivity index (χ4n) is 2.07. The largest absolute Gasteiger partial charge is 0.274 e. The minimum atomic E-state index is 0.530. The molecule has 0 aliphatic rings. The maximum atomic E-state index is 6.33. The summed E-state index contributed by atoms with van der Waals surface area (Å²) in [6.07, 6.45) is 0. The van der Waals surface area contributed by atoms with Gasteiger partial charge in [-0.05, 0) is 37.6 Å². The lowest BCUT2D eigenvalue weighted by molar-refractivity contribution is 1.12. The quantitative estimate of drug-likeness (QED) is 0.667. The number of H-pyrrole nitrogens is 1. The first-order valence-corrected chi connectivity index (χ1v) is 7.08. The van der Waals surface area contributed by atoms with E-state index in [-0.39, 0.29) is 0 Å². The number of aromatic nitrogens is 3. The van der Waals surface area contributed by atoms with Crippen molar-refractivity contribution in [1.29, 1.82) is 0 Å². The van der Waals surface area contributed by atoms with Crippen molar-refractivity contribution in [2.75, 3.05) is 0 Å². The van der Waals surface area contributed by atoms with Gasteiger partial charge in [-0.15, -0.1) is 0 Å². The number of benzene rings is 1. The molecule has 3 nitrogen and oxygen atoms in total. The second-order valence-electron chi connectivity index (χ2n) is 4.56. The Labute approximate surface area is 130 Å². The van der Waals surface area contributed by atoms with Crippen LogP contribution in [0.5, 0.6) is 0 Å². The van der Waals surface area contributed by atoms with Crippen LogP contribution in [-0.2, 0) is 0 Å². The fraction of sp³-hybridized carbons (Fsp3) is 0.143. The second-order valence-corrected chi connectivity index (χ2v) is 5.78. The van der Waals surface area contributed by atoms with Crippen LogP contribution in [0.2, 0.25) is 15.1 Å². The van der Waals surface area contributed by atoms with E-state index in [4.69, 9.17) is 34.8 Å². The molecule has 20 heavy (non-hydrogen) atoms. The lowest BCUT2D eigenvalue weighted by atomic mass is 10.1. The van der Waals surface area contributed by atoms with Crippen LogP contribution in [0.15, 0.2) is 18.2 Å². The number of halogens is 3. The molecule has 2 heterocycles. The van der Waals surface area contributed by atoms with Crippen molar-refractivity contribution in [2.45, 2.75) is 13.8 Å². The van der Waals surface area contributed by atoms with E-state index in [1.165, 1.54) is 0 Å². The van der Waals surface area contributed by atoms with Crippen molar-refractivity contribution in [3.63, 3.8) is 0 Å². The van der Waals surface area contributed by atoms with Gasteiger partial charge >= 0.3 is 0 Å². The molecular formula is C14H10Cl3N3. The van der Waals surface area contributed by atoms with Gasteiger partial charge < -0.3 is 0 Å². The highest BCUT2D eigenvalue weighted by Gasteiger charge is 2.17. The van der Waals surface area contributed by atoms with Crippen molar-refractivity contribution in [3.8, 4) is 11.3 Å². The summed E-state index contributed by atoms with van der Waals surface area (Å²) >= 11 is 18.5. The molecule has 1 N–H and O–H groups in total. The smallest absolute Gasteiger partial charge is 0.120 e. The minimum absolute atomic E-state index is 0.530.